The molecule has 1 heterocycles. The van der Waals surface area contributed by atoms with Crippen LogP contribution >= 0.6 is 15.9 Å². The Kier molecular flexibility index (Phi) is 3.99. The fourth-order valence-corrected chi connectivity index (χ4v) is 1.58. The van der Waals surface area contributed by atoms with Gasteiger partial charge in [-0.2, -0.15) is 5.10 Å². The van der Waals surface area contributed by atoms with Crippen molar-refractivity contribution in [3.05, 3.63) is 46.7 Å². The Morgan fingerprint density at radius 3 is 2.72 bits per heavy atom. The van der Waals surface area contributed by atoms with Gasteiger partial charge in [0.1, 0.15) is 5.75 Å². The van der Waals surface area contributed by atoms with E-state index in [0.717, 1.165) is 10.2 Å². The third kappa shape index (κ3) is 3.10. The van der Waals surface area contributed by atoms with Gasteiger partial charge in [0.2, 0.25) is 0 Å². The Hall–Kier alpha value is -1.82. The van der Waals surface area contributed by atoms with E-state index in [2.05, 4.69) is 25.8 Å². The van der Waals surface area contributed by atoms with Crippen LogP contribution in [0.15, 0.2) is 41.0 Å². The van der Waals surface area contributed by atoms with Crippen LogP contribution in [-0.2, 0) is 11.5 Å². The maximum Gasteiger partial charge on any atom is 0.358 e. The highest BCUT2D eigenvalue weighted by atomic mass is 79.9. The molecule has 0 atom stereocenters. The molecule has 0 saturated carbocycles. The van der Waals surface area contributed by atoms with Crippen molar-refractivity contribution in [3.8, 4) is 5.75 Å². The van der Waals surface area contributed by atoms with E-state index in [9.17, 15) is 4.79 Å². The summed E-state index contributed by atoms with van der Waals surface area (Å²) in [7, 11) is 1.32. The van der Waals surface area contributed by atoms with Crippen molar-refractivity contribution in [2.45, 2.75) is 6.73 Å². The normalized spacial score (nSPS) is 10.1. The van der Waals surface area contributed by atoms with E-state index >= 15 is 0 Å². The lowest BCUT2D eigenvalue weighted by Crippen LogP contribution is -2.08. The molecular formula is C12H11BrN2O3. The summed E-state index contributed by atoms with van der Waals surface area (Å²) in [5, 5.41) is 4.02. The molecule has 0 aliphatic carbocycles. The van der Waals surface area contributed by atoms with Gasteiger partial charge in [0.25, 0.3) is 0 Å². The van der Waals surface area contributed by atoms with Crippen molar-refractivity contribution in [2.75, 3.05) is 7.11 Å². The van der Waals surface area contributed by atoms with Crippen LogP contribution in [0.5, 0.6) is 5.75 Å². The molecule has 94 valence electrons. The van der Waals surface area contributed by atoms with Crippen LogP contribution in [0.3, 0.4) is 0 Å². The third-order valence-electron chi connectivity index (χ3n) is 2.21. The lowest BCUT2D eigenvalue weighted by atomic mass is 10.3. The summed E-state index contributed by atoms with van der Waals surface area (Å²) in [6, 6.07) is 9.04. The minimum absolute atomic E-state index is 0.235. The van der Waals surface area contributed by atoms with Crippen LogP contribution < -0.4 is 4.74 Å². The number of halogens is 1. The number of esters is 1. The highest BCUT2D eigenvalue weighted by Crippen LogP contribution is 2.16. The number of rotatable bonds is 4. The Labute approximate surface area is 112 Å². The lowest BCUT2D eigenvalue weighted by Gasteiger charge is -2.05. The van der Waals surface area contributed by atoms with Gasteiger partial charge in [0, 0.05) is 10.7 Å². The fourth-order valence-electron chi connectivity index (χ4n) is 1.32. The number of ether oxygens (including phenoxy) is 2. The second kappa shape index (κ2) is 5.68. The van der Waals surface area contributed by atoms with Crippen molar-refractivity contribution in [2.24, 2.45) is 0 Å². The van der Waals surface area contributed by atoms with Crippen LogP contribution in [0.2, 0.25) is 0 Å². The van der Waals surface area contributed by atoms with Crippen molar-refractivity contribution in [1.82, 2.24) is 9.78 Å². The van der Waals surface area contributed by atoms with E-state index in [1.165, 1.54) is 11.8 Å². The molecule has 0 aliphatic rings. The molecule has 2 aromatic rings. The van der Waals surface area contributed by atoms with E-state index in [-0.39, 0.29) is 12.4 Å². The van der Waals surface area contributed by atoms with Gasteiger partial charge in [-0.15, -0.1) is 0 Å². The van der Waals surface area contributed by atoms with Gasteiger partial charge in [-0.25, -0.2) is 9.48 Å². The number of nitrogens with zero attached hydrogens (tertiary/aromatic N) is 2. The van der Waals surface area contributed by atoms with Crippen molar-refractivity contribution in [1.29, 1.82) is 0 Å². The van der Waals surface area contributed by atoms with E-state index in [1.807, 2.05) is 24.3 Å². The molecule has 0 spiro atoms. The van der Waals surface area contributed by atoms with Crippen molar-refractivity contribution in [3.63, 3.8) is 0 Å². The molecule has 2 rings (SSSR count). The minimum Gasteiger partial charge on any atom is -0.471 e. The zero-order valence-electron chi connectivity index (χ0n) is 9.67. The zero-order chi connectivity index (χ0) is 13.0. The molecule has 0 radical (unpaired) electrons. The first-order valence-corrected chi connectivity index (χ1v) is 5.98. The molecular weight excluding hydrogens is 300 g/mol. The van der Waals surface area contributed by atoms with Crippen LogP contribution in [-0.4, -0.2) is 22.9 Å². The molecule has 0 aliphatic heterocycles. The van der Waals surface area contributed by atoms with E-state index in [0.29, 0.717) is 0 Å². The summed E-state index contributed by atoms with van der Waals surface area (Å²) in [6.07, 6.45) is 1.66. The second-order valence-electron chi connectivity index (χ2n) is 3.46. The number of carbonyl (C=O) groups excluding carboxylic acids is 1. The summed E-state index contributed by atoms with van der Waals surface area (Å²) in [5.41, 5.74) is 0.261. The summed E-state index contributed by atoms with van der Waals surface area (Å²) < 4.78 is 12.6. The number of benzene rings is 1. The molecule has 0 amide bonds. The molecule has 0 fully saturated rings. The van der Waals surface area contributed by atoms with Crippen LogP contribution in [0, 0.1) is 0 Å². The number of hydrogen-bond acceptors (Lipinski definition) is 4. The largest absolute Gasteiger partial charge is 0.471 e. The molecule has 1 aromatic carbocycles. The first-order valence-electron chi connectivity index (χ1n) is 5.19. The van der Waals surface area contributed by atoms with Gasteiger partial charge in [-0.3, -0.25) is 0 Å². The molecule has 0 N–H and O–H groups in total. The number of carbonyl (C=O) groups is 1. The number of hydrogen-bond donors (Lipinski definition) is 0. The van der Waals surface area contributed by atoms with Gasteiger partial charge in [0.05, 0.1) is 7.11 Å². The van der Waals surface area contributed by atoms with Gasteiger partial charge in [-0.05, 0) is 30.3 Å². The van der Waals surface area contributed by atoms with Crippen molar-refractivity contribution >= 4 is 21.9 Å². The summed E-state index contributed by atoms with van der Waals surface area (Å²) >= 11 is 3.34. The summed E-state index contributed by atoms with van der Waals surface area (Å²) in [6.45, 7) is 0.235. The Balaban J connectivity index is 1.96. The summed E-state index contributed by atoms with van der Waals surface area (Å²) in [5.74, 6) is 0.269. The smallest absolute Gasteiger partial charge is 0.358 e. The topological polar surface area (TPSA) is 53.4 Å². The van der Waals surface area contributed by atoms with E-state index < -0.39 is 5.97 Å². The predicted octanol–water partition coefficient (Wildman–Crippen LogP) is 2.47. The predicted molar refractivity (Wildman–Crippen MR) is 68.3 cm³/mol. The number of methoxy groups -OCH3 is 1. The van der Waals surface area contributed by atoms with Gasteiger partial charge in [-0.1, -0.05) is 15.9 Å². The average molecular weight is 311 g/mol. The zero-order valence-corrected chi connectivity index (χ0v) is 11.3. The SMILES string of the molecule is COC(=O)c1ccn(COc2ccc(Br)cc2)n1. The van der Waals surface area contributed by atoms with Crippen LogP contribution in [0.25, 0.3) is 0 Å². The molecule has 18 heavy (non-hydrogen) atoms. The molecule has 1 aromatic heterocycles. The van der Waals surface area contributed by atoms with Gasteiger partial charge >= 0.3 is 5.97 Å². The molecule has 0 unspecified atom stereocenters. The summed E-state index contributed by atoms with van der Waals surface area (Å²) in [4.78, 5) is 11.2. The van der Waals surface area contributed by atoms with Gasteiger partial charge in [0.15, 0.2) is 12.4 Å². The Morgan fingerprint density at radius 1 is 1.33 bits per heavy atom. The Bertz CT molecular complexity index is 537. The van der Waals surface area contributed by atoms with Crippen LogP contribution in [0.4, 0.5) is 0 Å². The highest BCUT2D eigenvalue weighted by molar-refractivity contribution is 9.10. The fraction of sp³-hybridized carbons (Fsp3) is 0.167. The average Bonchev–Trinajstić information content (AvgIpc) is 2.86. The maximum atomic E-state index is 11.2. The quantitative estimate of drug-likeness (QED) is 0.814. The molecule has 5 nitrogen and oxygen atoms in total. The molecule has 0 bridgehead atoms. The maximum absolute atomic E-state index is 11.2. The van der Waals surface area contributed by atoms with E-state index in [4.69, 9.17) is 4.74 Å². The molecule has 0 saturated heterocycles. The lowest BCUT2D eigenvalue weighted by molar-refractivity contribution is 0.0592. The van der Waals surface area contributed by atoms with Crippen LogP contribution in [0.1, 0.15) is 10.5 Å². The first kappa shape index (κ1) is 12.6. The minimum atomic E-state index is -0.461. The van der Waals surface area contributed by atoms with E-state index in [1.54, 1.807) is 12.3 Å². The van der Waals surface area contributed by atoms with Crippen molar-refractivity contribution < 1.29 is 14.3 Å². The highest BCUT2D eigenvalue weighted by Gasteiger charge is 2.08. The Morgan fingerprint density at radius 2 is 2.06 bits per heavy atom. The second-order valence-corrected chi connectivity index (χ2v) is 4.38. The standard InChI is InChI=1S/C12H11BrN2O3/c1-17-12(16)11-6-7-15(14-11)8-18-10-4-2-9(13)3-5-10/h2-7H,8H2,1H3. The van der Waals surface area contributed by atoms with Gasteiger partial charge < -0.3 is 9.47 Å². The first-order chi connectivity index (χ1) is 8.69. The number of aromatic nitrogens is 2. The third-order valence-corrected chi connectivity index (χ3v) is 2.74. The molecule has 6 heteroatoms. The monoisotopic (exact) mass is 310 g/mol.